The fourth-order valence-electron chi connectivity index (χ4n) is 3.03. The number of nitrogens with zero attached hydrogens (tertiary/aromatic N) is 3. The van der Waals surface area contributed by atoms with Crippen LogP contribution >= 0.6 is 0 Å². The van der Waals surface area contributed by atoms with Crippen LogP contribution in [0, 0.1) is 5.92 Å². The van der Waals surface area contributed by atoms with E-state index in [2.05, 4.69) is 5.10 Å². The Bertz CT molecular complexity index is 651. The molecule has 2 atom stereocenters. The Hall–Kier alpha value is -2.14. The first-order valence-electron chi connectivity index (χ1n) is 8.18. The average Bonchev–Trinajstić information content (AvgIpc) is 3.23. The van der Waals surface area contributed by atoms with Crippen molar-refractivity contribution in [3.05, 3.63) is 48.3 Å². The van der Waals surface area contributed by atoms with E-state index >= 15 is 0 Å². The number of hydrogen-bond donors (Lipinski definition) is 1. The van der Waals surface area contributed by atoms with Crippen LogP contribution in [0.1, 0.15) is 25.3 Å². The van der Waals surface area contributed by atoms with Gasteiger partial charge >= 0.3 is 0 Å². The Kier molecular flexibility index (Phi) is 4.76. The molecule has 23 heavy (non-hydrogen) atoms. The molecule has 1 aliphatic rings. The standard InChI is InChI=1S/C18H23N3O2/c1-14(22)16-9-10-20(13-16)18(23)8-7-15-11-19-21(12-15)17-5-3-2-4-6-17/h2-6,11-12,14,16,22H,7-10,13H2,1H3. The van der Waals surface area contributed by atoms with Crippen LogP contribution in [-0.2, 0) is 11.2 Å². The molecule has 1 aliphatic heterocycles. The van der Waals surface area contributed by atoms with E-state index in [1.165, 1.54) is 0 Å². The Labute approximate surface area is 136 Å². The summed E-state index contributed by atoms with van der Waals surface area (Å²) in [6.45, 7) is 3.24. The van der Waals surface area contributed by atoms with Crippen molar-refractivity contribution in [2.45, 2.75) is 32.3 Å². The zero-order chi connectivity index (χ0) is 16.2. The molecule has 0 radical (unpaired) electrons. The zero-order valence-electron chi connectivity index (χ0n) is 13.4. The summed E-state index contributed by atoms with van der Waals surface area (Å²) < 4.78 is 1.83. The molecule has 3 rings (SSSR count). The molecular weight excluding hydrogens is 290 g/mol. The normalized spacial score (nSPS) is 19.0. The molecule has 0 aliphatic carbocycles. The first-order valence-corrected chi connectivity index (χ1v) is 8.18. The summed E-state index contributed by atoms with van der Waals surface area (Å²) in [5.74, 6) is 0.389. The van der Waals surface area contributed by atoms with Gasteiger partial charge in [0.1, 0.15) is 0 Å². The topological polar surface area (TPSA) is 58.4 Å². The third-order valence-corrected chi connectivity index (χ3v) is 4.54. The van der Waals surface area contributed by atoms with Crippen molar-refractivity contribution in [3.63, 3.8) is 0 Å². The van der Waals surface area contributed by atoms with Crippen LogP contribution in [0.5, 0.6) is 0 Å². The summed E-state index contributed by atoms with van der Waals surface area (Å²) in [6.07, 6.45) is 5.55. The first-order chi connectivity index (χ1) is 11.1. The first kappa shape index (κ1) is 15.7. The third-order valence-electron chi connectivity index (χ3n) is 4.54. The van der Waals surface area contributed by atoms with Crippen molar-refractivity contribution in [3.8, 4) is 5.69 Å². The second-order valence-electron chi connectivity index (χ2n) is 6.26. The zero-order valence-corrected chi connectivity index (χ0v) is 13.4. The summed E-state index contributed by atoms with van der Waals surface area (Å²) in [7, 11) is 0. The number of rotatable bonds is 5. The van der Waals surface area contributed by atoms with Gasteiger partial charge in [0.05, 0.1) is 18.0 Å². The lowest BCUT2D eigenvalue weighted by Crippen LogP contribution is -2.30. The van der Waals surface area contributed by atoms with Crippen LogP contribution in [0.2, 0.25) is 0 Å². The molecule has 0 spiro atoms. The summed E-state index contributed by atoms with van der Waals surface area (Å²) in [5.41, 5.74) is 2.08. The van der Waals surface area contributed by atoms with Gasteiger partial charge in [-0.2, -0.15) is 5.10 Å². The highest BCUT2D eigenvalue weighted by atomic mass is 16.3. The number of amides is 1. The number of carbonyl (C=O) groups excluding carboxylic acids is 1. The van der Waals surface area contributed by atoms with Gasteiger partial charge in [-0.3, -0.25) is 4.79 Å². The molecule has 0 saturated carbocycles. The summed E-state index contributed by atoms with van der Waals surface area (Å²) in [6, 6.07) is 9.94. The summed E-state index contributed by atoms with van der Waals surface area (Å²) >= 11 is 0. The van der Waals surface area contributed by atoms with E-state index in [0.717, 1.165) is 24.2 Å². The maximum atomic E-state index is 12.3. The minimum absolute atomic E-state index is 0.167. The highest BCUT2D eigenvalue weighted by molar-refractivity contribution is 5.76. The second-order valence-corrected chi connectivity index (χ2v) is 6.26. The van der Waals surface area contributed by atoms with Gasteiger partial charge in [-0.05, 0) is 37.5 Å². The molecule has 1 fully saturated rings. The van der Waals surface area contributed by atoms with Gasteiger partial charge in [0.2, 0.25) is 5.91 Å². The van der Waals surface area contributed by atoms with E-state index in [1.54, 1.807) is 6.92 Å². The molecule has 1 saturated heterocycles. The van der Waals surface area contributed by atoms with Gasteiger partial charge in [-0.25, -0.2) is 4.68 Å². The predicted octanol–water partition coefficient (Wildman–Crippen LogP) is 2.03. The molecule has 2 heterocycles. The van der Waals surface area contributed by atoms with Crippen molar-refractivity contribution in [1.82, 2.24) is 14.7 Å². The van der Waals surface area contributed by atoms with Gasteiger partial charge in [0.25, 0.3) is 0 Å². The Morgan fingerprint density at radius 1 is 1.39 bits per heavy atom. The van der Waals surface area contributed by atoms with E-state index in [9.17, 15) is 9.90 Å². The monoisotopic (exact) mass is 313 g/mol. The smallest absolute Gasteiger partial charge is 0.222 e. The fourth-order valence-corrected chi connectivity index (χ4v) is 3.03. The minimum Gasteiger partial charge on any atom is -0.393 e. The molecule has 2 unspecified atom stereocenters. The van der Waals surface area contributed by atoms with E-state index in [4.69, 9.17) is 0 Å². The van der Waals surface area contributed by atoms with Crippen molar-refractivity contribution >= 4 is 5.91 Å². The highest BCUT2D eigenvalue weighted by Crippen LogP contribution is 2.20. The lowest BCUT2D eigenvalue weighted by atomic mass is 10.0. The minimum atomic E-state index is -0.336. The number of aliphatic hydroxyl groups excluding tert-OH is 1. The van der Waals surface area contributed by atoms with Gasteiger partial charge in [-0.1, -0.05) is 18.2 Å². The number of aliphatic hydroxyl groups is 1. The number of aromatic nitrogens is 2. The summed E-state index contributed by atoms with van der Waals surface area (Å²) in [5, 5.41) is 14.0. The van der Waals surface area contributed by atoms with E-state index in [-0.39, 0.29) is 17.9 Å². The van der Waals surface area contributed by atoms with Crippen molar-refractivity contribution < 1.29 is 9.90 Å². The Morgan fingerprint density at radius 2 is 2.17 bits per heavy atom. The van der Waals surface area contributed by atoms with Crippen molar-refractivity contribution in [2.24, 2.45) is 5.92 Å². The molecule has 2 aromatic rings. The lowest BCUT2D eigenvalue weighted by molar-refractivity contribution is -0.130. The molecule has 5 heteroatoms. The number of benzene rings is 1. The van der Waals surface area contributed by atoms with Gasteiger partial charge in [-0.15, -0.1) is 0 Å². The number of para-hydroxylation sites is 1. The van der Waals surface area contributed by atoms with Crippen LogP contribution < -0.4 is 0 Å². The lowest BCUT2D eigenvalue weighted by Gasteiger charge is -2.17. The molecular formula is C18H23N3O2. The van der Waals surface area contributed by atoms with Crippen molar-refractivity contribution in [1.29, 1.82) is 0 Å². The van der Waals surface area contributed by atoms with E-state index in [1.807, 2.05) is 52.3 Å². The maximum Gasteiger partial charge on any atom is 0.222 e. The quantitative estimate of drug-likeness (QED) is 0.919. The fraction of sp³-hybridized carbons (Fsp3) is 0.444. The average molecular weight is 313 g/mol. The number of carbonyl (C=O) groups is 1. The summed E-state index contributed by atoms with van der Waals surface area (Å²) in [4.78, 5) is 14.2. The third kappa shape index (κ3) is 3.79. The Balaban J connectivity index is 1.53. The molecule has 1 aromatic carbocycles. The van der Waals surface area contributed by atoms with Crippen LogP contribution in [0.25, 0.3) is 5.69 Å². The molecule has 1 aromatic heterocycles. The van der Waals surface area contributed by atoms with Crippen LogP contribution in [0.3, 0.4) is 0 Å². The number of likely N-dealkylation sites (tertiary alicyclic amines) is 1. The van der Waals surface area contributed by atoms with Gasteiger partial charge in [0, 0.05) is 31.6 Å². The van der Waals surface area contributed by atoms with Gasteiger partial charge < -0.3 is 10.0 Å². The van der Waals surface area contributed by atoms with Crippen LogP contribution in [0.15, 0.2) is 42.7 Å². The van der Waals surface area contributed by atoms with Crippen molar-refractivity contribution in [2.75, 3.05) is 13.1 Å². The van der Waals surface area contributed by atoms with Crippen LogP contribution in [-0.4, -0.2) is 44.9 Å². The number of hydrogen-bond acceptors (Lipinski definition) is 3. The maximum absolute atomic E-state index is 12.3. The Morgan fingerprint density at radius 3 is 2.87 bits per heavy atom. The molecule has 5 nitrogen and oxygen atoms in total. The molecule has 122 valence electrons. The molecule has 1 N–H and O–H groups in total. The van der Waals surface area contributed by atoms with E-state index in [0.29, 0.717) is 19.4 Å². The number of aryl methyl sites for hydroxylation is 1. The second kappa shape index (κ2) is 6.96. The van der Waals surface area contributed by atoms with Gasteiger partial charge in [0.15, 0.2) is 0 Å². The van der Waals surface area contributed by atoms with E-state index < -0.39 is 0 Å². The predicted molar refractivity (Wildman–Crippen MR) is 88.3 cm³/mol. The SMILES string of the molecule is CC(O)C1CCN(C(=O)CCc2cnn(-c3ccccc3)c2)C1. The largest absolute Gasteiger partial charge is 0.393 e. The molecule has 0 bridgehead atoms. The van der Waals surface area contributed by atoms with Crippen LogP contribution in [0.4, 0.5) is 0 Å². The molecule has 1 amide bonds. The highest BCUT2D eigenvalue weighted by Gasteiger charge is 2.28.